The van der Waals surface area contributed by atoms with Gasteiger partial charge in [-0.3, -0.25) is 0 Å². The monoisotopic (exact) mass is 556 g/mol. The van der Waals surface area contributed by atoms with Crippen LogP contribution in [0.2, 0.25) is 20.7 Å². The SMILES string of the molecule is CC1=C(C)C(C)([Si](c2cc(C)cc(C)c2)(c2ccc(C)cc2C)c2ccc(C)cc2C)[C]([Ti]([CH3])([CH3])[CH3])=C1C. The van der Waals surface area contributed by atoms with Gasteiger partial charge in [-0.2, -0.15) is 0 Å². The second kappa shape index (κ2) is 9.92. The Morgan fingerprint density at radius 2 is 1.00 bits per heavy atom. The Hall–Kier alpha value is -1.93. The third-order valence-electron chi connectivity index (χ3n) is 9.48. The Morgan fingerprint density at radius 1 is 0.553 bits per heavy atom. The van der Waals surface area contributed by atoms with Gasteiger partial charge in [0, 0.05) is 0 Å². The first-order valence-electron chi connectivity index (χ1n) is 14.2. The normalized spacial score (nSPS) is 18.6. The molecule has 0 saturated carbocycles. The molecule has 200 valence electrons. The second-order valence-corrected chi connectivity index (χ2v) is 25.4. The first-order valence-corrected chi connectivity index (χ1v) is 21.7. The van der Waals surface area contributed by atoms with E-state index in [0.29, 0.717) is 0 Å². The van der Waals surface area contributed by atoms with Gasteiger partial charge in [-0.25, -0.2) is 0 Å². The van der Waals surface area contributed by atoms with Crippen molar-refractivity contribution in [2.75, 3.05) is 0 Å². The van der Waals surface area contributed by atoms with Gasteiger partial charge in [-0.15, -0.1) is 0 Å². The standard InChI is InChI=1S/C33H39Si.3CH3.Ti/c1-21-11-13-31(25(5)16-21)34(30-18-23(3)15-24(4)19-30,32-14-12-22(2)17-26(32)6)33(10)20-27(7)28(8)29(33)9;;;;/h11-19H,1-10H3;3*1H3;. The molecule has 0 amide bonds. The van der Waals surface area contributed by atoms with Crippen molar-refractivity contribution in [2.24, 2.45) is 0 Å². The van der Waals surface area contributed by atoms with E-state index >= 15 is 0 Å². The average molecular weight is 557 g/mol. The molecular formula is C36H48SiTi. The van der Waals surface area contributed by atoms with Crippen molar-refractivity contribution in [3.63, 3.8) is 0 Å². The van der Waals surface area contributed by atoms with Crippen LogP contribution in [0.25, 0.3) is 0 Å². The van der Waals surface area contributed by atoms with E-state index in [0.717, 1.165) is 0 Å². The summed E-state index contributed by atoms with van der Waals surface area (Å²) in [5.74, 6) is 0. The molecule has 2 heteroatoms. The zero-order valence-electron chi connectivity index (χ0n) is 26.2. The van der Waals surface area contributed by atoms with Crippen LogP contribution in [0.3, 0.4) is 0 Å². The number of allylic oxidation sites excluding steroid dienone is 4. The van der Waals surface area contributed by atoms with Gasteiger partial charge in [0.25, 0.3) is 0 Å². The molecule has 0 spiro atoms. The first kappa shape index (κ1) is 29.1. The molecule has 3 aromatic rings. The fourth-order valence-corrected chi connectivity index (χ4v) is 22.0. The quantitative estimate of drug-likeness (QED) is 0.218. The van der Waals surface area contributed by atoms with E-state index in [-0.39, 0.29) is 5.04 Å². The van der Waals surface area contributed by atoms with Gasteiger partial charge in [0.2, 0.25) is 0 Å². The molecule has 0 saturated heterocycles. The van der Waals surface area contributed by atoms with Gasteiger partial charge in [-0.05, 0) is 0 Å². The molecule has 0 fully saturated rings. The third kappa shape index (κ3) is 4.30. The first-order chi connectivity index (χ1) is 17.6. The molecule has 0 aromatic heterocycles. The summed E-state index contributed by atoms with van der Waals surface area (Å²) in [5, 5.41) is 12.5. The van der Waals surface area contributed by atoms with Crippen molar-refractivity contribution in [1.82, 2.24) is 0 Å². The Morgan fingerprint density at radius 3 is 1.39 bits per heavy atom. The molecule has 0 nitrogen and oxygen atoms in total. The molecule has 0 N–H and O–H groups in total. The van der Waals surface area contributed by atoms with E-state index in [1.807, 2.05) is 0 Å². The maximum atomic E-state index is 2.66. The summed E-state index contributed by atoms with van der Waals surface area (Å²) in [7, 11) is -2.70. The van der Waals surface area contributed by atoms with Crippen molar-refractivity contribution < 1.29 is 16.6 Å². The summed E-state index contributed by atoms with van der Waals surface area (Å²) < 4.78 is 1.80. The van der Waals surface area contributed by atoms with Crippen LogP contribution in [-0.2, 0) is 16.6 Å². The maximum absolute atomic E-state index is 2.70. The van der Waals surface area contributed by atoms with Crippen molar-refractivity contribution in [3.8, 4) is 0 Å². The summed E-state index contributed by atoms with van der Waals surface area (Å²) in [6.07, 6.45) is 0. The van der Waals surface area contributed by atoms with Gasteiger partial charge in [0.15, 0.2) is 0 Å². The number of hydrogen-bond acceptors (Lipinski definition) is 0. The van der Waals surface area contributed by atoms with Crippen LogP contribution in [-0.4, -0.2) is 8.07 Å². The third-order valence-corrected chi connectivity index (χ3v) is 19.6. The van der Waals surface area contributed by atoms with Crippen LogP contribution >= 0.6 is 0 Å². The molecule has 38 heavy (non-hydrogen) atoms. The molecule has 0 bridgehead atoms. The zero-order chi connectivity index (χ0) is 28.4. The predicted molar refractivity (Wildman–Crippen MR) is 169 cm³/mol. The van der Waals surface area contributed by atoms with Crippen LogP contribution in [0.15, 0.2) is 75.2 Å². The van der Waals surface area contributed by atoms with Gasteiger partial charge >= 0.3 is 239 Å². The van der Waals surface area contributed by atoms with E-state index in [2.05, 4.69) is 140 Å². The summed E-state index contributed by atoms with van der Waals surface area (Å²) in [6.45, 7) is 23.7. The molecule has 4 rings (SSSR count). The van der Waals surface area contributed by atoms with Gasteiger partial charge in [0.05, 0.1) is 0 Å². The van der Waals surface area contributed by atoms with Crippen LogP contribution in [0.1, 0.15) is 61.1 Å². The number of aryl methyl sites for hydroxylation is 6. The van der Waals surface area contributed by atoms with Gasteiger partial charge in [0.1, 0.15) is 0 Å². The average Bonchev–Trinajstić information content (AvgIpc) is 2.96. The molecule has 1 aliphatic rings. The van der Waals surface area contributed by atoms with Gasteiger partial charge < -0.3 is 0 Å². The molecule has 3 aromatic carbocycles. The van der Waals surface area contributed by atoms with E-state index in [4.69, 9.17) is 0 Å². The summed E-state index contributed by atoms with van der Waals surface area (Å²) >= 11 is -2.34. The van der Waals surface area contributed by atoms with E-state index in [1.54, 1.807) is 30.6 Å². The van der Waals surface area contributed by atoms with Crippen LogP contribution in [0, 0.1) is 41.5 Å². The fraction of sp³-hybridized carbons (Fsp3) is 0.389. The van der Waals surface area contributed by atoms with Crippen LogP contribution in [0.5, 0.6) is 0 Å². The summed E-state index contributed by atoms with van der Waals surface area (Å²) in [6, 6.07) is 22.1. The zero-order valence-corrected chi connectivity index (χ0v) is 28.8. The van der Waals surface area contributed by atoms with Crippen LogP contribution < -0.4 is 15.6 Å². The molecule has 0 radical (unpaired) electrons. The minimum absolute atomic E-state index is 0.0420. The van der Waals surface area contributed by atoms with E-state index < -0.39 is 24.7 Å². The molecule has 0 heterocycles. The molecular weight excluding hydrogens is 508 g/mol. The number of rotatable bonds is 5. The predicted octanol–water partition coefficient (Wildman–Crippen LogP) is 8.69. The summed E-state index contributed by atoms with van der Waals surface area (Å²) in [4.78, 5) is 0. The number of hydrogen-bond donors (Lipinski definition) is 0. The number of benzene rings is 3. The van der Waals surface area contributed by atoms with Crippen molar-refractivity contribution in [2.45, 2.75) is 90.0 Å². The molecule has 1 unspecified atom stereocenters. The topological polar surface area (TPSA) is 0 Å². The Balaban J connectivity index is 2.39. The molecule has 0 aliphatic heterocycles. The minimum atomic E-state index is -2.70. The fourth-order valence-electron chi connectivity index (χ4n) is 8.13. The summed E-state index contributed by atoms with van der Waals surface area (Å²) in [5.41, 5.74) is 13.0. The van der Waals surface area contributed by atoms with Crippen LogP contribution in [0.4, 0.5) is 0 Å². The molecule has 1 atom stereocenters. The van der Waals surface area contributed by atoms with Crippen molar-refractivity contribution in [1.29, 1.82) is 0 Å². The van der Waals surface area contributed by atoms with E-state index in [1.165, 1.54) is 39.0 Å². The molecule has 1 aliphatic carbocycles. The van der Waals surface area contributed by atoms with Crippen molar-refractivity contribution in [3.05, 3.63) is 109 Å². The van der Waals surface area contributed by atoms with Crippen molar-refractivity contribution >= 4 is 23.6 Å². The van der Waals surface area contributed by atoms with E-state index in [9.17, 15) is 0 Å². The Bertz CT molecular complexity index is 1420. The Labute approximate surface area is 237 Å². The second-order valence-electron chi connectivity index (χ2n) is 13.4. The Kier molecular flexibility index (Phi) is 7.59. The van der Waals surface area contributed by atoms with Gasteiger partial charge in [-0.1, -0.05) is 0 Å².